The molecular formula is C21H18N6OS. The number of hydrazone groups is 1. The third-order valence-electron chi connectivity index (χ3n) is 4.44. The lowest BCUT2D eigenvalue weighted by Gasteiger charge is -2.10. The van der Waals surface area contributed by atoms with Gasteiger partial charge in [0.25, 0.3) is 0 Å². The van der Waals surface area contributed by atoms with Crippen molar-refractivity contribution < 1.29 is 0 Å². The standard InChI is InChI=1S/C21H18N6OS/c1-13-4-2-6-15(8-13)17-10-19(28)23-21(18(17)11-22)29-12-14-5-3-7-16(9-14)20-24-26-27-25-20/h2-10,26-27H,12H2,1H3,(H,23,28)(H,24,25). The van der Waals surface area contributed by atoms with Gasteiger partial charge in [-0.05, 0) is 24.1 Å². The van der Waals surface area contributed by atoms with Gasteiger partial charge in [-0.3, -0.25) is 10.2 Å². The second-order valence-corrected chi connectivity index (χ2v) is 7.53. The van der Waals surface area contributed by atoms with Crippen molar-refractivity contribution in [1.29, 1.82) is 5.26 Å². The van der Waals surface area contributed by atoms with Gasteiger partial charge in [0, 0.05) is 22.9 Å². The van der Waals surface area contributed by atoms with Crippen LogP contribution in [0.4, 0.5) is 0 Å². The third-order valence-corrected chi connectivity index (χ3v) is 5.51. The normalized spacial score (nSPS) is 12.6. The van der Waals surface area contributed by atoms with Crippen molar-refractivity contribution >= 4 is 17.6 Å². The molecule has 0 saturated heterocycles. The maximum Gasteiger partial charge on any atom is 0.249 e. The molecule has 144 valence electrons. The zero-order chi connectivity index (χ0) is 20.2. The van der Waals surface area contributed by atoms with Crippen LogP contribution in [0.2, 0.25) is 0 Å². The van der Waals surface area contributed by atoms with E-state index in [9.17, 15) is 10.1 Å². The number of thioether (sulfide) groups is 1. The minimum atomic E-state index is -0.224. The summed E-state index contributed by atoms with van der Waals surface area (Å²) < 4.78 is 0. The lowest BCUT2D eigenvalue weighted by atomic mass is 10.0. The monoisotopic (exact) mass is 402 g/mol. The molecule has 0 atom stereocenters. The second kappa shape index (κ2) is 8.22. The fourth-order valence-corrected chi connectivity index (χ4v) is 4.06. The molecule has 0 fully saturated rings. The van der Waals surface area contributed by atoms with E-state index in [4.69, 9.17) is 0 Å². The highest BCUT2D eigenvalue weighted by Crippen LogP contribution is 2.30. The molecule has 0 unspecified atom stereocenters. The molecule has 1 aliphatic rings. The van der Waals surface area contributed by atoms with E-state index in [-0.39, 0.29) is 5.56 Å². The van der Waals surface area contributed by atoms with Gasteiger partial charge in [-0.2, -0.15) is 5.26 Å². The molecule has 0 spiro atoms. The van der Waals surface area contributed by atoms with Gasteiger partial charge >= 0.3 is 0 Å². The van der Waals surface area contributed by atoms with Crippen molar-refractivity contribution in [3.8, 4) is 17.2 Å². The van der Waals surface area contributed by atoms with Crippen LogP contribution in [0.5, 0.6) is 0 Å². The SMILES string of the molecule is Cc1cccc(-c2cc(=O)[nH]c(SCc3cccc(C4=NNNN4)c3)c2C#N)c1. The molecule has 2 heterocycles. The molecule has 7 nitrogen and oxygen atoms in total. The van der Waals surface area contributed by atoms with Crippen molar-refractivity contribution in [2.75, 3.05) is 0 Å². The van der Waals surface area contributed by atoms with Gasteiger partial charge in [-0.15, -0.1) is 22.4 Å². The van der Waals surface area contributed by atoms with Crippen LogP contribution in [0.3, 0.4) is 0 Å². The maximum absolute atomic E-state index is 12.3. The molecule has 4 N–H and O–H groups in total. The van der Waals surface area contributed by atoms with Crippen LogP contribution < -0.4 is 22.1 Å². The summed E-state index contributed by atoms with van der Waals surface area (Å²) in [7, 11) is 0. The predicted octanol–water partition coefficient (Wildman–Crippen LogP) is 2.79. The minimum Gasteiger partial charge on any atom is -0.316 e. The Bertz CT molecular complexity index is 1190. The van der Waals surface area contributed by atoms with Crippen molar-refractivity contribution in [2.24, 2.45) is 5.10 Å². The molecule has 1 aliphatic heterocycles. The summed E-state index contributed by atoms with van der Waals surface area (Å²) in [6, 6.07) is 19.5. The third kappa shape index (κ3) is 4.16. The molecule has 0 amide bonds. The van der Waals surface area contributed by atoms with Crippen molar-refractivity contribution in [2.45, 2.75) is 17.7 Å². The largest absolute Gasteiger partial charge is 0.316 e. The van der Waals surface area contributed by atoms with Gasteiger partial charge in [-0.25, -0.2) is 5.53 Å². The molecule has 0 aliphatic carbocycles. The first-order chi connectivity index (χ1) is 14.1. The van der Waals surface area contributed by atoms with E-state index in [0.717, 1.165) is 22.3 Å². The highest BCUT2D eigenvalue weighted by atomic mass is 32.2. The molecule has 8 heteroatoms. The van der Waals surface area contributed by atoms with E-state index in [2.05, 4.69) is 32.6 Å². The summed E-state index contributed by atoms with van der Waals surface area (Å²) in [4.78, 5) is 15.1. The maximum atomic E-state index is 12.3. The highest BCUT2D eigenvalue weighted by Gasteiger charge is 2.14. The smallest absolute Gasteiger partial charge is 0.249 e. The Balaban J connectivity index is 1.64. The van der Waals surface area contributed by atoms with Gasteiger partial charge in [0.2, 0.25) is 5.56 Å². The first-order valence-electron chi connectivity index (χ1n) is 8.94. The molecule has 1 aromatic heterocycles. The Morgan fingerprint density at radius 2 is 1.93 bits per heavy atom. The van der Waals surface area contributed by atoms with Gasteiger partial charge in [0.05, 0.1) is 10.6 Å². The number of nitrogens with one attached hydrogen (secondary N) is 4. The van der Waals surface area contributed by atoms with Crippen LogP contribution in [0, 0.1) is 18.3 Å². The number of amidine groups is 1. The average Bonchev–Trinajstić information content (AvgIpc) is 3.27. The molecule has 29 heavy (non-hydrogen) atoms. The number of hydrazine groups is 2. The summed E-state index contributed by atoms with van der Waals surface area (Å²) in [5, 5.41) is 14.5. The van der Waals surface area contributed by atoms with E-state index >= 15 is 0 Å². The average molecular weight is 402 g/mol. The van der Waals surface area contributed by atoms with Crippen LogP contribution in [0.1, 0.15) is 22.3 Å². The van der Waals surface area contributed by atoms with Gasteiger partial charge in [0.1, 0.15) is 6.07 Å². The molecule has 3 aromatic rings. The molecular weight excluding hydrogens is 384 g/mol. The fourth-order valence-electron chi connectivity index (χ4n) is 3.10. The van der Waals surface area contributed by atoms with E-state index in [0.29, 0.717) is 27.7 Å². The minimum absolute atomic E-state index is 0.224. The number of hydrogen-bond acceptors (Lipinski definition) is 7. The summed E-state index contributed by atoms with van der Waals surface area (Å²) in [6.45, 7) is 1.99. The quantitative estimate of drug-likeness (QED) is 0.489. The van der Waals surface area contributed by atoms with E-state index in [1.165, 1.54) is 17.8 Å². The number of aromatic nitrogens is 1. The summed E-state index contributed by atoms with van der Waals surface area (Å²) in [6.07, 6.45) is 0. The van der Waals surface area contributed by atoms with Gasteiger partial charge < -0.3 is 4.98 Å². The van der Waals surface area contributed by atoms with Crippen molar-refractivity contribution in [3.63, 3.8) is 0 Å². The fraction of sp³-hybridized carbons (Fsp3) is 0.0952. The van der Waals surface area contributed by atoms with E-state index in [1.54, 1.807) is 0 Å². The van der Waals surface area contributed by atoms with Crippen LogP contribution >= 0.6 is 11.8 Å². The number of benzene rings is 2. The highest BCUT2D eigenvalue weighted by molar-refractivity contribution is 7.98. The number of H-pyrrole nitrogens is 1. The predicted molar refractivity (Wildman–Crippen MR) is 114 cm³/mol. The number of hydrogen-bond donors (Lipinski definition) is 4. The van der Waals surface area contributed by atoms with E-state index < -0.39 is 0 Å². The van der Waals surface area contributed by atoms with Crippen molar-refractivity contribution in [3.05, 3.63) is 87.2 Å². The number of aromatic amines is 1. The zero-order valence-electron chi connectivity index (χ0n) is 15.6. The van der Waals surface area contributed by atoms with E-state index in [1.807, 2.05) is 55.5 Å². The Morgan fingerprint density at radius 3 is 2.69 bits per heavy atom. The Kier molecular flexibility index (Phi) is 5.33. The van der Waals surface area contributed by atoms with Crippen LogP contribution in [0.25, 0.3) is 11.1 Å². The van der Waals surface area contributed by atoms with Crippen LogP contribution in [-0.4, -0.2) is 10.8 Å². The molecule has 2 aromatic carbocycles. The first-order valence-corrected chi connectivity index (χ1v) is 9.93. The zero-order valence-corrected chi connectivity index (χ0v) is 16.4. The summed E-state index contributed by atoms with van der Waals surface area (Å²) >= 11 is 1.43. The topological polar surface area (TPSA) is 105 Å². The number of pyridine rings is 1. The van der Waals surface area contributed by atoms with Gasteiger partial charge in [-0.1, -0.05) is 48.0 Å². The lowest BCUT2D eigenvalue weighted by Crippen LogP contribution is -2.35. The number of rotatable bonds is 5. The Labute approximate surface area is 171 Å². The molecule has 0 radical (unpaired) electrons. The molecule has 0 bridgehead atoms. The van der Waals surface area contributed by atoms with Crippen molar-refractivity contribution in [1.82, 2.24) is 21.5 Å². The number of aryl methyl sites for hydroxylation is 1. The molecule has 4 rings (SSSR count). The Hall–Kier alpha value is -3.54. The number of nitriles is 1. The van der Waals surface area contributed by atoms with Gasteiger partial charge in [0.15, 0.2) is 5.84 Å². The van der Waals surface area contributed by atoms with Crippen LogP contribution in [0.15, 0.2) is 69.5 Å². The first kappa shape index (κ1) is 18.8. The molecule has 0 saturated carbocycles. The van der Waals surface area contributed by atoms with Crippen LogP contribution in [-0.2, 0) is 5.75 Å². The number of nitrogens with zero attached hydrogens (tertiary/aromatic N) is 2. The summed E-state index contributed by atoms with van der Waals surface area (Å²) in [5.41, 5.74) is 13.1. The lowest BCUT2D eigenvalue weighted by molar-refractivity contribution is 0.577. The second-order valence-electron chi connectivity index (χ2n) is 6.54. The summed E-state index contributed by atoms with van der Waals surface area (Å²) in [5.74, 6) is 1.30. The Morgan fingerprint density at radius 1 is 1.10 bits per heavy atom.